The van der Waals surface area contributed by atoms with Gasteiger partial charge in [0.05, 0.1) is 36.8 Å². The Morgan fingerprint density at radius 2 is 1.72 bits per heavy atom. The lowest BCUT2D eigenvalue weighted by atomic mass is 10.2. The second-order valence-electron chi connectivity index (χ2n) is 7.74. The molecule has 0 radical (unpaired) electrons. The van der Waals surface area contributed by atoms with Gasteiger partial charge in [-0.15, -0.1) is 0 Å². The van der Waals surface area contributed by atoms with Gasteiger partial charge in [0.1, 0.15) is 11.5 Å². The van der Waals surface area contributed by atoms with Gasteiger partial charge in [-0.25, -0.2) is 4.68 Å². The summed E-state index contributed by atoms with van der Waals surface area (Å²) in [5.41, 5.74) is 2.80. The molecular formula is C25H33N3O4. The van der Waals surface area contributed by atoms with Crippen LogP contribution in [0.4, 0.5) is 0 Å². The van der Waals surface area contributed by atoms with Crippen LogP contribution in [0.15, 0.2) is 54.6 Å². The Balaban J connectivity index is 1.97. The lowest BCUT2D eigenvalue weighted by Gasteiger charge is -2.24. The minimum Gasteiger partial charge on any atom is -0.497 e. The standard InChI is InChI=1S/C25H33N3O4/c1-5-15-27(16-21(29)18-30-3)17-24-19(2)26-28(20-9-7-6-8-10-20)25(24)32-23-13-11-22(31-4)12-14-23/h6-14,21,29H,5,15-18H2,1-4H3/t21-/m0/s1. The Bertz CT molecular complexity index is 957. The number of para-hydroxylation sites is 1. The maximum atomic E-state index is 10.3. The van der Waals surface area contributed by atoms with E-state index in [0.717, 1.165) is 35.7 Å². The molecule has 172 valence electrons. The van der Waals surface area contributed by atoms with Crippen molar-refractivity contribution in [1.82, 2.24) is 14.7 Å². The zero-order valence-electron chi connectivity index (χ0n) is 19.3. The van der Waals surface area contributed by atoms with E-state index in [-0.39, 0.29) is 0 Å². The summed E-state index contributed by atoms with van der Waals surface area (Å²) in [6.07, 6.45) is 0.419. The predicted octanol–water partition coefficient (Wildman–Crippen LogP) is 4.20. The quantitative estimate of drug-likeness (QED) is 0.456. The summed E-state index contributed by atoms with van der Waals surface area (Å²) < 4.78 is 18.6. The number of methoxy groups -OCH3 is 2. The number of nitrogens with zero attached hydrogens (tertiary/aromatic N) is 3. The minimum atomic E-state index is -0.554. The van der Waals surface area contributed by atoms with Crippen molar-refractivity contribution in [3.05, 3.63) is 65.9 Å². The van der Waals surface area contributed by atoms with E-state index in [4.69, 9.17) is 19.3 Å². The molecule has 0 aliphatic carbocycles. The first-order chi connectivity index (χ1) is 15.5. The number of ether oxygens (including phenoxy) is 3. The molecule has 0 aliphatic rings. The smallest absolute Gasteiger partial charge is 0.227 e. The van der Waals surface area contributed by atoms with Crippen molar-refractivity contribution < 1.29 is 19.3 Å². The highest BCUT2D eigenvalue weighted by Gasteiger charge is 2.22. The first-order valence-corrected chi connectivity index (χ1v) is 10.9. The summed E-state index contributed by atoms with van der Waals surface area (Å²) in [6.45, 7) is 6.39. The van der Waals surface area contributed by atoms with Crippen molar-refractivity contribution in [3.8, 4) is 23.1 Å². The molecule has 0 bridgehead atoms. The molecule has 7 nitrogen and oxygen atoms in total. The topological polar surface area (TPSA) is 69.0 Å². The molecule has 1 N–H and O–H groups in total. The van der Waals surface area contributed by atoms with Gasteiger partial charge in [0.15, 0.2) is 0 Å². The average molecular weight is 440 g/mol. The number of rotatable bonds is 12. The van der Waals surface area contributed by atoms with Crippen LogP contribution < -0.4 is 9.47 Å². The summed E-state index contributed by atoms with van der Waals surface area (Å²) in [5.74, 6) is 2.14. The van der Waals surface area contributed by atoms with E-state index in [1.165, 1.54) is 0 Å². The molecule has 1 atom stereocenters. The number of aliphatic hydroxyl groups is 1. The normalized spacial score (nSPS) is 12.2. The first-order valence-electron chi connectivity index (χ1n) is 10.9. The monoisotopic (exact) mass is 439 g/mol. The lowest BCUT2D eigenvalue weighted by Crippen LogP contribution is -2.35. The van der Waals surface area contributed by atoms with E-state index in [1.54, 1.807) is 14.2 Å². The molecule has 0 fully saturated rings. The Morgan fingerprint density at radius 1 is 1.03 bits per heavy atom. The third kappa shape index (κ3) is 6.09. The van der Waals surface area contributed by atoms with Crippen molar-refractivity contribution in [2.45, 2.75) is 32.9 Å². The average Bonchev–Trinajstić information content (AvgIpc) is 3.10. The van der Waals surface area contributed by atoms with Gasteiger partial charge in [0.25, 0.3) is 0 Å². The number of aromatic nitrogens is 2. The fraction of sp³-hybridized carbons (Fsp3) is 0.400. The van der Waals surface area contributed by atoms with Crippen LogP contribution in [0.3, 0.4) is 0 Å². The Kier molecular flexibility index (Phi) is 8.67. The van der Waals surface area contributed by atoms with Crippen LogP contribution in [0.5, 0.6) is 17.4 Å². The molecular weight excluding hydrogens is 406 g/mol. The van der Waals surface area contributed by atoms with E-state index >= 15 is 0 Å². The summed E-state index contributed by atoms with van der Waals surface area (Å²) in [7, 11) is 3.24. The van der Waals surface area contributed by atoms with E-state index in [9.17, 15) is 5.11 Å². The largest absolute Gasteiger partial charge is 0.497 e. The molecule has 0 saturated heterocycles. The fourth-order valence-corrected chi connectivity index (χ4v) is 3.64. The summed E-state index contributed by atoms with van der Waals surface area (Å²) >= 11 is 0. The van der Waals surface area contributed by atoms with Crippen LogP contribution in [0.1, 0.15) is 24.6 Å². The molecule has 2 aromatic carbocycles. The molecule has 32 heavy (non-hydrogen) atoms. The van der Waals surface area contributed by atoms with Gasteiger partial charge >= 0.3 is 0 Å². The molecule has 0 saturated carbocycles. The van der Waals surface area contributed by atoms with Gasteiger partial charge in [-0.05, 0) is 56.3 Å². The highest BCUT2D eigenvalue weighted by atomic mass is 16.5. The molecule has 0 spiro atoms. The minimum absolute atomic E-state index is 0.303. The van der Waals surface area contributed by atoms with Crippen molar-refractivity contribution in [2.75, 3.05) is 33.9 Å². The van der Waals surface area contributed by atoms with E-state index in [0.29, 0.717) is 31.3 Å². The van der Waals surface area contributed by atoms with Crippen LogP contribution in [-0.4, -0.2) is 59.8 Å². The molecule has 0 unspecified atom stereocenters. The number of benzene rings is 2. The number of aryl methyl sites for hydroxylation is 1. The molecule has 1 heterocycles. The first kappa shape index (κ1) is 23.8. The van der Waals surface area contributed by atoms with E-state index < -0.39 is 6.10 Å². The predicted molar refractivity (Wildman–Crippen MR) is 125 cm³/mol. The number of hydrogen-bond donors (Lipinski definition) is 1. The fourth-order valence-electron chi connectivity index (χ4n) is 3.64. The van der Waals surface area contributed by atoms with Crippen molar-refractivity contribution >= 4 is 0 Å². The zero-order chi connectivity index (χ0) is 22.9. The third-order valence-electron chi connectivity index (χ3n) is 5.16. The Labute approximate surface area is 190 Å². The summed E-state index contributed by atoms with van der Waals surface area (Å²) in [4.78, 5) is 2.21. The molecule has 7 heteroatoms. The second-order valence-corrected chi connectivity index (χ2v) is 7.74. The van der Waals surface area contributed by atoms with Crippen LogP contribution in [0.25, 0.3) is 5.69 Å². The molecule has 3 rings (SSSR count). The highest BCUT2D eigenvalue weighted by Crippen LogP contribution is 2.32. The van der Waals surface area contributed by atoms with Gasteiger partial charge in [0, 0.05) is 20.2 Å². The Morgan fingerprint density at radius 3 is 2.34 bits per heavy atom. The highest BCUT2D eigenvalue weighted by molar-refractivity contribution is 5.44. The lowest BCUT2D eigenvalue weighted by molar-refractivity contribution is 0.0356. The van der Waals surface area contributed by atoms with Crippen LogP contribution >= 0.6 is 0 Å². The molecule has 1 aromatic heterocycles. The third-order valence-corrected chi connectivity index (χ3v) is 5.16. The van der Waals surface area contributed by atoms with Gasteiger partial charge < -0.3 is 19.3 Å². The zero-order valence-corrected chi connectivity index (χ0v) is 19.3. The summed E-state index contributed by atoms with van der Waals surface area (Å²) in [5, 5.41) is 15.1. The van der Waals surface area contributed by atoms with Gasteiger partial charge in [-0.2, -0.15) is 5.10 Å². The number of aliphatic hydroxyl groups excluding tert-OH is 1. The van der Waals surface area contributed by atoms with Crippen molar-refractivity contribution in [1.29, 1.82) is 0 Å². The van der Waals surface area contributed by atoms with Crippen LogP contribution in [0, 0.1) is 6.92 Å². The van der Waals surface area contributed by atoms with Crippen molar-refractivity contribution in [2.24, 2.45) is 0 Å². The summed E-state index contributed by atoms with van der Waals surface area (Å²) in [6, 6.07) is 17.4. The van der Waals surface area contributed by atoms with Gasteiger partial charge in [0.2, 0.25) is 5.88 Å². The molecule has 3 aromatic rings. The maximum absolute atomic E-state index is 10.3. The second kappa shape index (κ2) is 11.7. The van der Waals surface area contributed by atoms with Crippen LogP contribution in [-0.2, 0) is 11.3 Å². The van der Waals surface area contributed by atoms with Crippen molar-refractivity contribution in [3.63, 3.8) is 0 Å². The maximum Gasteiger partial charge on any atom is 0.227 e. The molecule has 0 amide bonds. The van der Waals surface area contributed by atoms with Gasteiger partial charge in [-0.1, -0.05) is 25.1 Å². The molecule has 0 aliphatic heterocycles. The Hall–Kier alpha value is -2.87. The number of hydrogen-bond acceptors (Lipinski definition) is 6. The van der Waals surface area contributed by atoms with E-state index in [1.807, 2.05) is 66.2 Å². The van der Waals surface area contributed by atoms with Crippen LogP contribution in [0.2, 0.25) is 0 Å². The van der Waals surface area contributed by atoms with E-state index in [2.05, 4.69) is 11.8 Å². The van der Waals surface area contributed by atoms with Gasteiger partial charge in [-0.3, -0.25) is 4.90 Å². The SMILES string of the molecule is CCCN(Cc1c(C)nn(-c2ccccc2)c1Oc1ccc(OC)cc1)C[C@H](O)COC.